The standard InChI is InChI=1S/C12H14ClFO4/c1-18-11(16)5-10(15)12(17)7-2-3-8(6-13)9(14)4-7/h2-4,10,12,15,17H,5-6H2,1H3. The van der Waals surface area contributed by atoms with Crippen LogP contribution in [0.5, 0.6) is 0 Å². The number of benzene rings is 1. The Morgan fingerprint density at radius 3 is 2.67 bits per heavy atom. The summed E-state index contributed by atoms with van der Waals surface area (Å²) in [5, 5.41) is 19.4. The quantitative estimate of drug-likeness (QED) is 0.632. The highest BCUT2D eigenvalue weighted by Crippen LogP contribution is 2.22. The number of halogens is 2. The van der Waals surface area contributed by atoms with E-state index in [1.54, 1.807) is 0 Å². The average Bonchev–Trinajstić information content (AvgIpc) is 2.37. The maximum absolute atomic E-state index is 13.4. The third kappa shape index (κ3) is 3.66. The predicted octanol–water partition coefficient (Wildman–Crippen LogP) is 1.52. The Hall–Kier alpha value is -1.17. The van der Waals surface area contributed by atoms with E-state index in [1.165, 1.54) is 19.2 Å². The molecule has 1 rings (SSSR count). The molecule has 0 aromatic heterocycles. The molecule has 4 nitrogen and oxygen atoms in total. The van der Waals surface area contributed by atoms with Gasteiger partial charge in [0.25, 0.3) is 0 Å². The van der Waals surface area contributed by atoms with Crippen molar-refractivity contribution in [3.63, 3.8) is 0 Å². The van der Waals surface area contributed by atoms with Gasteiger partial charge in [0, 0.05) is 5.56 Å². The third-order valence-electron chi connectivity index (χ3n) is 2.53. The zero-order chi connectivity index (χ0) is 13.7. The number of carbonyl (C=O) groups is 1. The van der Waals surface area contributed by atoms with Crippen molar-refractivity contribution in [1.82, 2.24) is 0 Å². The molecule has 0 heterocycles. The summed E-state index contributed by atoms with van der Waals surface area (Å²) in [4.78, 5) is 10.9. The van der Waals surface area contributed by atoms with Crippen LogP contribution in [0.2, 0.25) is 0 Å². The van der Waals surface area contributed by atoms with Crippen LogP contribution < -0.4 is 0 Å². The van der Waals surface area contributed by atoms with Gasteiger partial charge in [-0.25, -0.2) is 4.39 Å². The fraction of sp³-hybridized carbons (Fsp3) is 0.417. The number of aliphatic hydroxyl groups is 2. The summed E-state index contributed by atoms with van der Waals surface area (Å²) in [6.45, 7) is 0. The van der Waals surface area contributed by atoms with Crippen LogP contribution in [0.3, 0.4) is 0 Å². The molecule has 1 aromatic rings. The van der Waals surface area contributed by atoms with Crippen LogP contribution in [0.1, 0.15) is 23.7 Å². The highest BCUT2D eigenvalue weighted by molar-refractivity contribution is 6.17. The van der Waals surface area contributed by atoms with Crippen molar-refractivity contribution < 1.29 is 24.1 Å². The first-order valence-corrected chi connectivity index (χ1v) is 5.80. The van der Waals surface area contributed by atoms with E-state index < -0.39 is 24.0 Å². The zero-order valence-corrected chi connectivity index (χ0v) is 10.5. The van der Waals surface area contributed by atoms with E-state index in [0.717, 1.165) is 6.07 Å². The molecule has 0 aliphatic heterocycles. The van der Waals surface area contributed by atoms with Crippen LogP contribution in [-0.2, 0) is 15.4 Å². The van der Waals surface area contributed by atoms with E-state index in [0.29, 0.717) is 5.56 Å². The average molecular weight is 277 g/mol. The Balaban J connectivity index is 2.80. The number of alkyl halides is 1. The van der Waals surface area contributed by atoms with Gasteiger partial charge in [0.05, 0.1) is 25.5 Å². The number of hydrogen-bond donors (Lipinski definition) is 2. The number of rotatable bonds is 5. The summed E-state index contributed by atoms with van der Waals surface area (Å²) in [6, 6.07) is 3.96. The molecule has 2 N–H and O–H groups in total. The number of hydrogen-bond acceptors (Lipinski definition) is 4. The van der Waals surface area contributed by atoms with E-state index in [-0.39, 0.29) is 17.9 Å². The summed E-state index contributed by atoms with van der Waals surface area (Å²) < 4.78 is 17.8. The number of methoxy groups -OCH3 is 1. The molecule has 100 valence electrons. The molecule has 0 saturated heterocycles. The van der Waals surface area contributed by atoms with Crippen molar-refractivity contribution in [1.29, 1.82) is 0 Å². The fourth-order valence-electron chi connectivity index (χ4n) is 1.44. The number of aliphatic hydroxyl groups excluding tert-OH is 2. The van der Waals surface area contributed by atoms with Crippen LogP contribution in [-0.4, -0.2) is 29.4 Å². The first kappa shape index (κ1) is 14.9. The van der Waals surface area contributed by atoms with E-state index in [9.17, 15) is 19.4 Å². The van der Waals surface area contributed by atoms with Gasteiger partial charge in [-0.05, 0) is 11.6 Å². The Morgan fingerprint density at radius 1 is 1.50 bits per heavy atom. The summed E-state index contributed by atoms with van der Waals surface area (Å²) in [5.74, 6) is -1.20. The van der Waals surface area contributed by atoms with Gasteiger partial charge < -0.3 is 14.9 Å². The molecular formula is C12H14ClFO4. The highest BCUT2D eigenvalue weighted by atomic mass is 35.5. The van der Waals surface area contributed by atoms with Gasteiger partial charge in [0.15, 0.2) is 0 Å². The van der Waals surface area contributed by atoms with Gasteiger partial charge in [-0.3, -0.25) is 4.79 Å². The lowest BCUT2D eigenvalue weighted by molar-refractivity contribution is -0.144. The van der Waals surface area contributed by atoms with E-state index in [4.69, 9.17) is 11.6 Å². The van der Waals surface area contributed by atoms with Crippen LogP contribution in [0.15, 0.2) is 18.2 Å². The van der Waals surface area contributed by atoms with Gasteiger partial charge >= 0.3 is 5.97 Å². The topological polar surface area (TPSA) is 66.8 Å². The van der Waals surface area contributed by atoms with E-state index in [1.807, 2.05) is 0 Å². The normalized spacial score (nSPS) is 14.1. The lowest BCUT2D eigenvalue weighted by Gasteiger charge is -2.17. The third-order valence-corrected chi connectivity index (χ3v) is 2.82. The van der Waals surface area contributed by atoms with Crippen molar-refractivity contribution in [2.75, 3.05) is 7.11 Å². The predicted molar refractivity (Wildman–Crippen MR) is 63.6 cm³/mol. The molecule has 1 aromatic carbocycles. The molecule has 0 saturated carbocycles. The molecule has 2 unspecified atom stereocenters. The molecule has 0 radical (unpaired) electrons. The van der Waals surface area contributed by atoms with Crippen LogP contribution in [0.25, 0.3) is 0 Å². The molecule has 18 heavy (non-hydrogen) atoms. The van der Waals surface area contributed by atoms with Gasteiger partial charge in [-0.2, -0.15) is 0 Å². The molecular weight excluding hydrogens is 263 g/mol. The van der Waals surface area contributed by atoms with Crippen molar-refractivity contribution in [2.24, 2.45) is 0 Å². The summed E-state index contributed by atoms with van der Waals surface area (Å²) in [7, 11) is 1.18. The smallest absolute Gasteiger partial charge is 0.308 e. The van der Waals surface area contributed by atoms with Crippen molar-refractivity contribution in [2.45, 2.75) is 24.5 Å². The molecule has 0 bridgehead atoms. The first-order chi connectivity index (χ1) is 8.49. The summed E-state index contributed by atoms with van der Waals surface area (Å²) >= 11 is 5.50. The van der Waals surface area contributed by atoms with Crippen LogP contribution in [0, 0.1) is 5.82 Å². The zero-order valence-electron chi connectivity index (χ0n) is 9.77. The molecule has 0 amide bonds. The van der Waals surface area contributed by atoms with Crippen molar-refractivity contribution in [3.8, 4) is 0 Å². The molecule has 0 spiro atoms. The minimum Gasteiger partial charge on any atom is -0.469 e. The SMILES string of the molecule is COC(=O)CC(O)C(O)c1ccc(CCl)c(F)c1. The molecule has 0 aliphatic carbocycles. The second kappa shape index (κ2) is 6.68. The number of carbonyl (C=O) groups excluding carboxylic acids is 1. The summed E-state index contributed by atoms with van der Waals surface area (Å²) in [6.07, 6.45) is -3.07. The number of esters is 1. The maximum atomic E-state index is 13.4. The first-order valence-electron chi connectivity index (χ1n) is 5.26. The van der Waals surface area contributed by atoms with Crippen LogP contribution in [0.4, 0.5) is 4.39 Å². The second-order valence-electron chi connectivity index (χ2n) is 3.78. The Kier molecular flexibility index (Phi) is 5.53. The largest absolute Gasteiger partial charge is 0.469 e. The Morgan fingerprint density at radius 2 is 2.17 bits per heavy atom. The lowest BCUT2D eigenvalue weighted by Crippen LogP contribution is -2.22. The van der Waals surface area contributed by atoms with E-state index >= 15 is 0 Å². The summed E-state index contributed by atoms with van der Waals surface area (Å²) in [5.41, 5.74) is 0.479. The van der Waals surface area contributed by atoms with Gasteiger partial charge in [-0.15, -0.1) is 11.6 Å². The maximum Gasteiger partial charge on any atom is 0.308 e. The Bertz CT molecular complexity index is 425. The highest BCUT2D eigenvalue weighted by Gasteiger charge is 2.22. The monoisotopic (exact) mass is 276 g/mol. The van der Waals surface area contributed by atoms with Crippen molar-refractivity contribution >= 4 is 17.6 Å². The number of ether oxygens (including phenoxy) is 1. The molecule has 0 fully saturated rings. The van der Waals surface area contributed by atoms with Gasteiger partial charge in [0.2, 0.25) is 0 Å². The molecule has 2 atom stereocenters. The molecule has 6 heteroatoms. The van der Waals surface area contributed by atoms with Gasteiger partial charge in [-0.1, -0.05) is 12.1 Å². The van der Waals surface area contributed by atoms with E-state index in [2.05, 4.69) is 4.74 Å². The Labute approximate surface area is 109 Å². The minimum absolute atomic E-state index is 0.0208. The minimum atomic E-state index is -1.36. The van der Waals surface area contributed by atoms with Crippen molar-refractivity contribution in [3.05, 3.63) is 35.1 Å². The lowest BCUT2D eigenvalue weighted by atomic mass is 10.0. The molecule has 0 aliphatic rings. The van der Waals surface area contributed by atoms with Gasteiger partial charge in [0.1, 0.15) is 11.9 Å². The second-order valence-corrected chi connectivity index (χ2v) is 4.04. The van der Waals surface area contributed by atoms with Crippen LogP contribution >= 0.6 is 11.6 Å². The fourth-order valence-corrected chi connectivity index (χ4v) is 1.66.